The fourth-order valence-corrected chi connectivity index (χ4v) is 0.823. The first kappa shape index (κ1) is 8.73. The van der Waals surface area contributed by atoms with Crippen molar-refractivity contribution in [1.82, 2.24) is 9.97 Å². The monoisotopic (exact) mass is 170 g/mol. The van der Waals surface area contributed by atoms with Gasteiger partial charge in [0.2, 0.25) is 0 Å². The summed E-state index contributed by atoms with van der Waals surface area (Å²) in [5.41, 5.74) is 0.253. The topological polar surface area (TPSA) is 75.2 Å². The van der Waals surface area contributed by atoms with Crippen LogP contribution in [-0.4, -0.2) is 28.8 Å². The lowest BCUT2D eigenvalue weighted by Gasteiger charge is -1.99. The molecule has 12 heavy (non-hydrogen) atoms. The fourth-order valence-electron chi connectivity index (χ4n) is 0.823. The third kappa shape index (κ3) is 2.06. The van der Waals surface area contributed by atoms with Crippen molar-refractivity contribution in [2.75, 3.05) is 13.7 Å². The Bertz CT molecular complexity index is 308. The van der Waals surface area contributed by atoms with E-state index in [0.717, 1.165) is 0 Å². The Labute approximate surface area is 69.0 Å². The van der Waals surface area contributed by atoms with Crippen molar-refractivity contribution in [3.63, 3.8) is 0 Å². The number of hydrogen-bond acceptors (Lipinski definition) is 4. The number of nitrogens with one attached hydrogen (secondary N) is 1. The Hall–Kier alpha value is -1.36. The van der Waals surface area contributed by atoms with Crippen molar-refractivity contribution >= 4 is 0 Å². The van der Waals surface area contributed by atoms with Crippen LogP contribution in [0, 0.1) is 0 Å². The summed E-state index contributed by atoms with van der Waals surface area (Å²) in [6.07, 6.45) is 0.361. The number of aromatic nitrogens is 2. The van der Waals surface area contributed by atoms with Gasteiger partial charge in [-0.2, -0.15) is 0 Å². The lowest BCUT2D eigenvalue weighted by atomic mass is 10.3. The van der Waals surface area contributed by atoms with Crippen LogP contribution in [-0.2, 0) is 6.42 Å². The predicted molar refractivity (Wildman–Crippen MR) is 42.2 cm³/mol. The number of aliphatic hydroxyl groups is 1. The molecule has 0 fully saturated rings. The van der Waals surface area contributed by atoms with Crippen LogP contribution < -0.4 is 10.3 Å². The highest BCUT2D eigenvalue weighted by atomic mass is 16.5. The number of H-pyrrole nitrogens is 1. The molecule has 1 aromatic heterocycles. The molecule has 0 saturated heterocycles. The molecule has 0 unspecified atom stereocenters. The summed E-state index contributed by atoms with van der Waals surface area (Å²) < 4.78 is 4.73. The van der Waals surface area contributed by atoms with Crippen LogP contribution in [0.5, 0.6) is 6.01 Å². The molecule has 0 saturated carbocycles. The smallest absolute Gasteiger partial charge is 0.296 e. The molecule has 0 bridgehead atoms. The Morgan fingerprint density at radius 1 is 1.75 bits per heavy atom. The molecule has 66 valence electrons. The minimum Gasteiger partial charge on any atom is -0.468 e. The average molecular weight is 170 g/mol. The fraction of sp³-hybridized carbons (Fsp3) is 0.429. The molecular formula is C7H10N2O3. The van der Waals surface area contributed by atoms with E-state index in [1.165, 1.54) is 13.2 Å². The maximum atomic E-state index is 10.9. The van der Waals surface area contributed by atoms with Crippen LogP contribution in [0.2, 0.25) is 0 Å². The van der Waals surface area contributed by atoms with Crippen molar-refractivity contribution in [1.29, 1.82) is 0 Å². The number of aliphatic hydroxyl groups excluding tert-OH is 1. The molecule has 2 N–H and O–H groups in total. The maximum absolute atomic E-state index is 10.9. The van der Waals surface area contributed by atoms with Gasteiger partial charge in [0.1, 0.15) is 0 Å². The first-order valence-corrected chi connectivity index (χ1v) is 3.51. The second kappa shape index (κ2) is 3.87. The van der Waals surface area contributed by atoms with Crippen molar-refractivity contribution in [3.8, 4) is 6.01 Å². The molecule has 1 aromatic rings. The first-order valence-electron chi connectivity index (χ1n) is 3.51. The highest BCUT2D eigenvalue weighted by Gasteiger charge is 1.99. The summed E-state index contributed by atoms with van der Waals surface area (Å²) in [4.78, 5) is 17.2. The number of rotatable bonds is 3. The molecule has 0 atom stereocenters. The van der Waals surface area contributed by atoms with Crippen LogP contribution >= 0.6 is 0 Å². The minimum absolute atomic E-state index is 0.0282. The number of hydrogen-bond donors (Lipinski definition) is 2. The van der Waals surface area contributed by atoms with E-state index in [1.54, 1.807) is 0 Å². The lowest BCUT2D eigenvalue weighted by molar-refractivity contribution is 0.296. The SMILES string of the molecule is COc1nc(CCO)cc(=O)[nH]1. The summed E-state index contributed by atoms with van der Waals surface area (Å²) in [5.74, 6) is 0. The minimum atomic E-state index is -0.273. The Morgan fingerprint density at radius 3 is 3.08 bits per heavy atom. The lowest BCUT2D eigenvalue weighted by Crippen LogP contribution is -2.11. The van der Waals surface area contributed by atoms with Gasteiger partial charge >= 0.3 is 0 Å². The summed E-state index contributed by atoms with van der Waals surface area (Å²) in [5, 5.41) is 8.58. The van der Waals surface area contributed by atoms with Crippen LogP contribution in [0.1, 0.15) is 5.69 Å². The van der Waals surface area contributed by atoms with Crippen molar-refractivity contribution < 1.29 is 9.84 Å². The maximum Gasteiger partial charge on any atom is 0.296 e. The molecule has 0 radical (unpaired) electrons. The first-order chi connectivity index (χ1) is 5.76. The van der Waals surface area contributed by atoms with Gasteiger partial charge in [0.15, 0.2) is 0 Å². The second-order valence-corrected chi connectivity index (χ2v) is 2.22. The summed E-state index contributed by atoms with van der Waals surface area (Å²) in [6, 6.07) is 1.50. The van der Waals surface area contributed by atoms with Crippen molar-refractivity contribution in [2.45, 2.75) is 6.42 Å². The van der Waals surface area contributed by atoms with Gasteiger partial charge in [-0.25, -0.2) is 4.98 Å². The van der Waals surface area contributed by atoms with E-state index in [2.05, 4.69) is 9.97 Å². The largest absolute Gasteiger partial charge is 0.468 e. The van der Waals surface area contributed by atoms with E-state index in [0.29, 0.717) is 12.1 Å². The molecule has 0 aliphatic rings. The molecule has 0 aromatic carbocycles. The standard InChI is InChI=1S/C7H10N2O3/c1-12-7-8-5(2-3-10)4-6(11)9-7/h4,10H,2-3H2,1H3,(H,8,9,11). The normalized spacial score (nSPS) is 9.83. The summed E-state index contributed by atoms with van der Waals surface area (Å²) in [6.45, 7) is -0.0282. The van der Waals surface area contributed by atoms with E-state index in [1.807, 2.05) is 0 Å². The van der Waals surface area contributed by atoms with E-state index in [4.69, 9.17) is 9.84 Å². The molecule has 5 heteroatoms. The van der Waals surface area contributed by atoms with Gasteiger partial charge in [-0.05, 0) is 0 Å². The third-order valence-corrected chi connectivity index (χ3v) is 1.33. The van der Waals surface area contributed by atoms with E-state index < -0.39 is 0 Å². The molecule has 1 heterocycles. The molecule has 0 aliphatic carbocycles. The predicted octanol–water partition coefficient (Wildman–Crippen LogP) is -0.687. The van der Waals surface area contributed by atoms with Gasteiger partial charge in [-0.15, -0.1) is 0 Å². The van der Waals surface area contributed by atoms with Crippen molar-refractivity contribution in [3.05, 3.63) is 22.1 Å². The van der Waals surface area contributed by atoms with Gasteiger partial charge in [0, 0.05) is 19.1 Å². The number of methoxy groups -OCH3 is 1. The van der Waals surface area contributed by atoms with Crippen LogP contribution in [0.25, 0.3) is 0 Å². The average Bonchev–Trinajstić information content (AvgIpc) is 2.04. The molecule has 1 rings (SSSR count). The van der Waals surface area contributed by atoms with Gasteiger partial charge in [0.25, 0.3) is 11.6 Å². The summed E-state index contributed by atoms with van der Waals surface area (Å²) >= 11 is 0. The van der Waals surface area contributed by atoms with Gasteiger partial charge in [-0.3, -0.25) is 9.78 Å². The van der Waals surface area contributed by atoms with Crippen LogP contribution in [0.3, 0.4) is 0 Å². The van der Waals surface area contributed by atoms with E-state index in [9.17, 15) is 4.79 Å². The molecule has 5 nitrogen and oxygen atoms in total. The zero-order chi connectivity index (χ0) is 8.97. The molecule has 0 aliphatic heterocycles. The molecule has 0 amide bonds. The molecule has 0 spiro atoms. The van der Waals surface area contributed by atoms with E-state index in [-0.39, 0.29) is 18.2 Å². The zero-order valence-corrected chi connectivity index (χ0v) is 6.70. The number of aromatic amines is 1. The quantitative estimate of drug-likeness (QED) is 0.629. The Morgan fingerprint density at radius 2 is 2.50 bits per heavy atom. The zero-order valence-electron chi connectivity index (χ0n) is 6.70. The highest BCUT2D eigenvalue weighted by Crippen LogP contribution is 1.98. The Balaban J connectivity index is 2.98. The Kier molecular flexibility index (Phi) is 2.82. The van der Waals surface area contributed by atoms with Crippen molar-refractivity contribution in [2.24, 2.45) is 0 Å². The van der Waals surface area contributed by atoms with Crippen LogP contribution in [0.4, 0.5) is 0 Å². The van der Waals surface area contributed by atoms with Gasteiger partial charge < -0.3 is 9.84 Å². The molecular weight excluding hydrogens is 160 g/mol. The van der Waals surface area contributed by atoms with Crippen LogP contribution in [0.15, 0.2) is 10.9 Å². The second-order valence-electron chi connectivity index (χ2n) is 2.22. The summed E-state index contributed by atoms with van der Waals surface area (Å²) in [7, 11) is 1.42. The van der Waals surface area contributed by atoms with E-state index >= 15 is 0 Å². The highest BCUT2D eigenvalue weighted by molar-refractivity contribution is 5.05. The van der Waals surface area contributed by atoms with Gasteiger partial charge in [-0.1, -0.05) is 0 Å². The number of nitrogens with zero attached hydrogens (tertiary/aromatic N) is 1. The third-order valence-electron chi connectivity index (χ3n) is 1.33. The van der Waals surface area contributed by atoms with Gasteiger partial charge in [0.05, 0.1) is 12.8 Å². The number of ether oxygens (including phenoxy) is 1.